The molecule has 0 spiro atoms. The van der Waals surface area contributed by atoms with Gasteiger partial charge in [0.15, 0.2) is 0 Å². The molecular weight excluding hydrogens is 204 g/mol. The molecule has 1 fully saturated rings. The van der Waals surface area contributed by atoms with Gasteiger partial charge in [0.25, 0.3) is 0 Å². The zero-order valence-electron chi connectivity index (χ0n) is 8.03. The van der Waals surface area contributed by atoms with Crippen LogP contribution in [0.5, 0.6) is 0 Å². The minimum absolute atomic E-state index is 0.0485. The lowest BCUT2D eigenvalue weighted by Gasteiger charge is -2.23. The molecule has 0 aromatic carbocycles. The molecule has 1 unspecified atom stereocenters. The first-order valence-corrected chi connectivity index (χ1v) is 6.20. The second-order valence-corrected chi connectivity index (χ2v) is 4.97. The molecule has 0 amide bonds. The molecule has 1 saturated heterocycles. The molecule has 2 N–H and O–H groups in total. The van der Waals surface area contributed by atoms with Gasteiger partial charge in [-0.1, -0.05) is 6.08 Å². The lowest BCUT2D eigenvalue weighted by Crippen LogP contribution is -2.45. The zero-order chi connectivity index (χ0) is 10.4. The molecule has 82 valence electrons. The van der Waals surface area contributed by atoms with Crippen LogP contribution in [-0.4, -0.2) is 46.5 Å². The molecule has 14 heavy (non-hydrogen) atoms. The third kappa shape index (κ3) is 4.19. The van der Waals surface area contributed by atoms with Gasteiger partial charge in [-0.15, -0.1) is 6.58 Å². The van der Waals surface area contributed by atoms with E-state index < -0.39 is 10.0 Å². The third-order valence-corrected chi connectivity index (χ3v) is 3.15. The van der Waals surface area contributed by atoms with E-state index in [0.717, 1.165) is 6.54 Å². The van der Waals surface area contributed by atoms with E-state index in [1.807, 2.05) is 0 Å². The summed E-state index contributed by atoms with van der Waals surface area (Å²) in [5.74, 6) is -0.0485. The van der Waals surface area contributed by atoms with Crippen LogP contribution in [0.2, 0.25) is 0 Å². The van der Waals surface area contributed by atoms with Gasteiger partial charge in [0.1, 0.15) is 0 Å². The van der Waals surface area contributed by atoms with E-state index in [2.05, 4.69) is 16.6 Å². The van der Waals surface area contributed by atoms with Gasteiger partial charge >= 0.3 is 0 Å². The van der Waals surface area contributed by atoms with E-state index in [1.165, 1.54) is 6.08 Å². The maximum atomic E-state index is 11.2. The fraction of sp³-hybridized carbons (Fsp3) is 0.750. The Kier molecular flexibility index (Phi) is 4.53. The Bertz CT molecular complexity index is 270. The van der Waals surface area contributed by atoms with Crippen molar-refractivity contribution in [3.63, 3.8) is 0 Å². The molecule has 1 heterocycles. The molecule has 1 rings (SSSR count). The molecule has 1 aliphatic rings. The number of hydrogen-bond donors (Lipinski definition) is 2. The van der Waals surface area contributed by atoms with Gasteiger partial charge in [-0.3, -0.25) is 0 Å². The molecule has 0 aromatic rings. The summed E-state index contributed by atoms with van der Waals surface area (Å²) in [6, 6.07) is 0. The highest BCUT2D eigenvalue weighted by Gasteiger charge is 2.16. The van der Waals surface area contributed by atoms with Gasteiger partial charge in [-0.25, -0.2) is 13.1 Å². The minimum atomic E-state index is -3.21. The number of morpholine rings is 1. The average Bonchev–Trinajstić information content (AvgIpc) is 2.17. The van der Waals surface area contributed by atoms with Gasteiger partial charge < -0.3 is 10.1 Å². The Balaban J connectivity index is 2.28. The van der Waals surface area contributed by atoms with Crippen molar-refractivity contribution in [1.82, 2.24) is 10.0 Å². The normalized spacial score (nSPS) is 23.3. The fourth-order valence-corrected chi connectivity index (χ4v) is 2.05. The minimum Gasteiger partial charge on any atom is -0.374 e. The lowest BCUT2D eigenvalue weighted by molar-refractivity contribution is 0.0324. The zero-order valence-corrected chi connectivity index (χ0v) is 8.85. The SMILES string of the molecule is C=CCS(=O)(=O)NCC1CNCCO1. The first kappa shape index (κ1) is 11.6. The van der Waals surface area contributed by atoms with Crippen molar-refractivity contribution in [2.45, 2.75) is 6.10 Å². The van der Waals surface area contributed by atoms with Crippen LogP contribution in [0, 0.1) is 0 Å². The Labute approximate surface area is 84.6 Å². The molecule has 1 aliphatic heterocycles. The number of rotatable bonds is 5. The van der Waals surface area contributed by atoms with E-state index in [4.69, 9.17) is 4.74 Å². The molecule has 0 saturated carbocycles. The summed E-state index contributed by atoms with van der Waals surface area (Å²) < 4.78 is 30.2. The first-order chi connectivity index (χ1) is 6.64. The van der Waals surface area contributed by atoms with Gasteiger partial charge in [-0.05, 0) is 0 Å². The maximum Gasteiger partial charge on any atom is 0.215 e. The molecule has 6 heteroatoms. The molecule has 0 aromatic heterocycles. The van der Waals surface area contributed by atoms with E-state index in [9.17, 15) is 8.42 Å². The molecule has 0 aliphatic carbocycles. The van der Waals surface area contributed by atoms with E-state index >= 15 is 0 Å². The van der Waals surface area contributed by atoms with Crippen LogP contribution in [0.3, 0.4) is 0 Å². The molecule has 0 radical (unpaired) electrons. The number of sulfonamides is 1. The Morgan fingerprint density at radius 3 is 3.00 bits per heavy atom. The monoisotopic (exact) mass is 220 g/mol. The molecular formula is C8H16N2O3S. The summed E-state index contributed by atoms with van der Waals surface area (Å²) in [7, 11) is -3.21. The highest BCUT2D eigenvalue weighted by molar-refractivity contribution is 7.89. The Morgan fingerprint density at radius 1 is 1.64 bits per heavy atom. The number of hydrogen-bond acceptors (Lipinski definition) is 4. The smallest absolute Gasteiger partial charge is 0.215 e. The van der Waals surface area contributed by atoms with Crippen LogP contribution in [0.4, 0.5) is 0 Å². The summed E-state index contributed by atoms with van der Waals surface area (Å²) in [6.45, 7) is 5.85. The van der Waals surface area contributed by atoms with Crippen LogP contribution >= 0.6 is 0 Å². The summed E-state index contributed by atoms with van der Waals surface area (Å²) in [4.78, 5) is 0. The van der Waals surface area contributed by atoms with Crippen molar-refractivity contribution in [2.75, 3.05) is 32.0 Å². The fourth-order valence-electron chi connectivity index (χ4n) is 1.18. The molecule has 1 atom stereocenters. The second-order valence-electron chi connectivity index (χ2n) is 3.12. The predicted octanol–water partition coefficient (Wildman–Crippen LogP) is -0.920. The summed E-state index contributed by atoms with van der Waals surface area (Å²) in [6.07, 6.45) is 1.30. The highest BCUT2D eigenvalue weighted by Crippen LogP contribution is 1.95. The van der Waals surface area contributed by atoms with Gasteiger partial charge in [0, 0.05) is 19.6 Å². The summed E-state index contributed by atoms with van der Waals surface area (Å²) >= 11 is 0. The van der Waals surface area contributed by atoms with Crippen LogP contribution in [-0.2, 0) is 14.8 Å². The van der Waals surface area contributed by atoms with Crippen molar-refractivity contribution >= 4 is 10.0 Å². The van der Waals surface area contributed by atoms with E-state index in [-0.39, 0.29) is 11.9 Å². The van der Waals surface area contributed by atoms with Crippen LogP contribution in [0.25, 0.3) is 0 Å². The van der Waals surface area contributed by atoms with Crippen molar-refractivity contribution < 1.29 is 13.2 Å². The van der Waals surface area contributed by atoms with Crippen molar-refractivity contribution in [1.29, 1.82) is 0 Å². The van der Waals surface area contributed by atoms with Crippen LogP contribution in [0.15, 0.2) is 12.7 Å². The number of ether oxygens (including phenoxy) is 1. The first-order valence-electron chi connectivity index (χ1n) is 4.54. The third-order valence-electron chi connectivity index (χ3n) is 1.87. The van der Waals surface area contributed by atoms with E-state index in [0.29, 0.717) is 19.7 Å². The van der Waals surface area contributed by atoms with Gasteiger partial charge in [-0.2, -0.15) is 0 Å². The standard InChI is InChI=1S/C8H16N2O3S/c1-2-5-14(11,12)10-7-8-6-9-3-4-13-8/h2,8-10H,1,3-7H2. The van der Waals surface area contributed by atoms with Crippen LogP contribution in [0.1, 0.15) is 0 Å². The van der Waals surface area contributed by atoms with Crippen molar-refractivity contribution in [2.24, 2.45) is 0 Å². The topological polar surface area (TPSA) is 67.4 Å². The van der Waals surface area contributed by atoms with Crippen molar-refractivity contribution in [3.05, 3.63) is 12.7 Å². The Morgan fingerprint density at radius 2 is 2.43 bits per heavy atom. The Hall–Kier alpha value is -0.430. The molecule has 5 nitrogen and oxygen atoms in total. The van der Waals surface area contributed by atoms with Gasteiger partial charge in [0.05, 0.1) is 18.5 Å². The lowest BCUT2D eigenvalue weighted by atomic mass is 10.3. The average molecular weight is 220 g/mol. The predicted molar refractivity (Wildman–Crippen MR) is 54.6 cm³/mol. The summed E-state index contributed by atoms with van der Waals surface area (Å²) in [5, 5.41) is 3.12. The van der Waals surface area contributed by atoms with E-state index in [1.54, 1.807) is 0 Å². The largest absolute Gasteiger partial charge is 0.374 e. The highest BCUT2D eigenvalue weighted by atomic mass is 32.2. The second kappa shape index (κ2) is 5.45. The summed E-state index contributed by atoms with van der Waals surface area (Å²) in [5.41, 5.74) is 0. The van der Waals surface area contributed by atoms with Crippen molar-refractivity contribution in [3.8, 4) is 0 Å². The number of nitrogens with one attached hydrogen (secondary N) is 2. The maximum absolute atomic E-state index is 11.2. The molecule has 0 bridgehead atoms. The van der Waals surface area contributed by atoms with Crippen LogP contribution < -0.4 is 10.0 Å². The quantitative estimate of drug-likeness (QED) is 0.588. The van der Waals surface area contributed by atoms with Gasteiger partial charge in [0.2, 0.25) is 10.0 Å².